The molecule has 0 aliphatic carbocycles. The third-order valence-corrected chi connectivity index (χ3v) is 4.60. The molecule has 1 aliphatic rings. The van der Waals surface area contributed by atoms with Gasteiger partial charge >= 0.3 is 0 Å². The Morgan fingerprint density at radius 2 is 2.21 bits per heavy atom. The smallest absolute Gasteiger partial charge is 0.0650 e. The van der Waals surface area contributed by atoms with Crippen molar-refractivity contribution in [3.8, 4) is 0 Å². The van der Waals surface area contributed by atoms with Crippen molar-refractivity contribution in [3.63, 3.8) is 0 Å². The maximum Gasteiger partial charge on any atom is 0.0650 e. The van der Waals surface area contributed by atoms with Crippen LogP contribution in [0.5, 0.6) is 0 Å². The van der Waals surface area contributed by atoms with Crippen molar-refractivity contribution in [3.05, 3.63) is 26.8 Å². The molecule has 0 saturated carbocycles. The number of benzene rings is 1. The Morgan fingerprint density at radius 1 is 1.47 bits per heavy atom. The van der Waals surface area contributed by atoms with Gasteiger partial charge in [-0.15, -0.1) is 0 Å². The SMILES string of the molecule is CC(C)CC1CN(c2ccc(I)cc2Cl)C(C)CN1. The lowest BCUT2D eigenvalue weighted by molar-refractivity contribution is 0.356. The first-order valence-electron chi connectivity index (χ1n) is 6.92. The molecule has 2 rings (SSSR count). The predicted molar refractivity (Wildman–Crippen MR) is 92.2 cm³/mol. The van der Waals surface area contributed by atoms with E-state index in [9.17, 15) is 0 Å². The van der Waals surface area contributed by atoms with Gasteiger partial charge in [0.25, 0.3) is 0 Å². The highest BCUT2D eigenvalue weighted by atomic mass is 127. The topological polar surface area (TPSA) is 15.3 Å². The van der Waals surface area contributed by atoms with E-state index >= 15 is 0 Å². The predicted octanol–water partition coefficient (Wildman–Crippen LogP) is 4.16. The summed E-state index contributed by atoms with van der Waals surface area (Å²) in [5, 5.41) is 4.51. The normalized spacial score (nSPS) is 24.0. The van der Waals surface area contributed by atoms with Gasteiger partial charge in [0.15, 0.2) is 0 Å². The number of nitrogens with one attached hydrogen (secondary N) is 1. The van der Waals surface area contributed by atoms with Gasteiger partial charge in [-0.1, -0.05) is 25.4 Å². The van der Waals surface area contributed by atoms with E-state index in [1.165, 1.54) is 15.7 Å². The van der Waals surface area contributed by atoms with Gasteiger partial charge in [-0.3, -0.25) is 0 Å². The molecule has 0 radical (unpaired) electrons. The van der Waals surface area contributed by atoms with Crippen LogP contribution < -0.4 is 10.2 Å². The second-order valence-electron chi connectivity index (χ2n) is 5.83. The van der Waals surface area contributed by atoms with Crippen LogP contribution in [0.3, 0.4) is 0 Å². The Morgan fingerprint density at radius 3 is 2.84 bits per heavy atom. The van der Waals surface area contributed by atoms with Gasteiger partial charge < -0.3 is 10.2 Å². The summed E-state index contributed by atoms with van der Waals surface area (Å²) in [4.78, 5) is 2.45. The van der Waals surface area contributed by atoms with E-state index in [1.807, 2.05) is 6.07 Å². The van der Waals surface area contributed by atoms with E-state index in [1.54, 1.807) is 0 Å². The summed E-state index contributed by atoms with van der Waals surface area (Å²) >= 11 is 8.72. The molecule has 19 heavy (non-hydrogen) atoms. The number of anilines is 1. The van der Waals surface area contributed by atoms with Crippen molar-refractivity contribution >= 4 is 39.9 Å². The summed E-state index contributed by atoms with van der Waals surface area (Å²) in [6.07, 6.45) is 1.21. The van der Waals surface area contributed by atoms with Gasteiger partial charge in [-0.25, -0.2) is 0 Å². The number of piperazine rings is 1. The lowest BCUT2D eigenvalue weighted by atomic mass is 9.99. The van der Waals surface area contributed by atoms with Gasteiger partial charge in [0.1, 0.15) is 0 Å². The summed E-state index contributed by atoms with van der Waals surface area (Å²) in [5.41, 5.74) is 1.17. The van der Waals surface area contributed by atoms with E-state index < -0.39 is 0 Å². The van der Waals surface area contributed by atoms with E-state index in [0.29, 0.717) is 12.1 Å². The lowest BCUT2D eigenvalue weighted by Gasteiger charge is -2.41. The lowest BCUT2D eigenvalue weighted by Crippen LogP contribution is -2.56. The van der Waals surface area contributed by atoms with Crippen LogP contribution in [0.1, 0.15) is 27.2 Å². The minimum atomic E-state index is 0.487. The molecule has 0 aromatic heterocycles. The summed E-state index contributed by atoms with van der Waals surface area (Å²) in [7, 11) is 0. The molecule has 4 heteroatoms. The van der Waals surface area contributed by atoms with Crippen molar-refractivity contribution in [2.24, 2.45) is 5.92 Å². The fourth-order valence-corrected chi connectivity index (χ4v) is 3.67. The summed E-state index contributed by atoms with van der Waals surface area (Å²) in [6, 6.07) is 7.38. The molecular weight excluding hydrogens is 371 g/mol. The van der Waals surface area contributed by atoms with Gasteiger partial charge in [-0.05, 0) is 60.1 Å². The van der Waals surface area contributed by atoms with Crippen molar-refractivity contribution in [1.29, 1.82) is 0 Å². The summed E-state index contributed by atoms with van der Waals surface area (Å²) in [6.45, 7) is 8.88. The molecule has 2 atom stereocenters. The largest absolute Gasteiger partial charge is 0.365 e. The Labute approximate surface area is 135 Å². The minimum absolute atomic E-state index is 0.487. The monoisotopic (exact) mass is 392 g/mol. The number of hydrogen-bond donors (Lipinski definition) is 1. The first kappa shape index (κ1) is 15.4. The van der Waals surface area contributed by atoms with Crippen LogP contribution in [-0.4, -0.2) is 25.2 Å². The standard InChI is InChI=1S/C15H22ClIN2/c1-10(2)6-13-9-19(11(3)8-18-13)15-5-4-12(17)7-14(15)16/h4-5,7,10-11,13,18H,6,8-9H2,1-3H3. The van der Waals surface area contributed by atoms with E-state index in [-0.39, 0.29) is 0 Å². The van der Waals surface area contributed by atoms with Crippen molar-refractivity contribution < 1.29 is 0 Å². The first-order chi connectivity index (χ1) is 8.97. The second kappa shape index (κ2) is 6.64. The maximum atomic E-state index is 6.41. The Balaban J connectivity index is 2.16. The van der Waals surface area contributed by atoms with Gasteiger partial charge in [-0.2, -0.15) is 0 Å². The van der Waals surface area contributed by atoms with Crippen molar-refractivity contribution in [2.45, 2.75) is 39.3 Å². The molecule has 1 aromatic carbocycles. The Bertz CT molecular complexity index is 436. The fourth-order valence-electron chi connectivity index (χ4n) is 2.71. The number of hydrogen-bond acceptors (Lipinski definition) is 2. The molecule has 1 heterocycles. The highest BCUT2D eigenvalue weighted by Crippen LogP contribution is 2.30. The zero-order valence-corrected chi connectivity index (χ0v) is 14.7. The second-order valence-corrected chi connectivity index (χ2v) is 7.48. The summed E-state index contributed by atoms with van der Waals surface area (Å²) in [5.74, 6) is 0.722. The molecule has 106 valence electrons. The van der Waals surface area contributed by atoms with Crippen LogP contribution in [0.15, 0.2) is 18.2 Å². The molecule has 1 aromatic rings. The highest BCUT2D eigenvalue weighted by Gasteiger charge is 2.26. The summed E-state index contributed by atoms with van der Waals surface area (Å²) < 4.78 is 1.19. The zero-order valence-electron chi connectivity index (χ0n) is 11.8. The van der Waals surface area contributed by atoms with Crippen LogP contribution in [0.2, 0.25) is 5.02 Å². The van der Waals surface area contributed by atoms with Crippen LogP contribution >= 0.6 is 34.2 Å². The average Bonchev–Trinajstić information content (AvgIpc) is 2.31. The molecule has 2 nitrogen and oxygen atoms in total. The average molecular weight is 393 g/mol. The number of halogens is 2. The fraction of sp³-hybridized carbons (Fsp3) is 0.600. The van der Waals surface area contributed by atoms with Crippen molar-refractivity contribution in [1.82, 2.24) is 5.32 Å². The van der Waals surface area contributed by atoms with Crippen LogP contribution in [-0.2, 0) is 0 Å². The molecular formula is C15H22ClIN2. The molecule has 1 fully saturated rings. The molecule has 0 spiro atoms. The molecule has 1 N–H and O–H groups in total. The molecule has 2 unspecified atom stereocenters. The van der Waals surface area contributed by atoms with E-state index in [2.05, 4.69) is 65.7 Å². The Kier molecular flexibility index (Phi) is 5.37. The van der Waals surface area contributed by atoms with Crippen LogP contribution in [0.4, 0.5) is 5.69 Å². The maximum absolute atomic E-state index is 6.41. The third-order valence-electron chi connectivity index (χ3n) is 3.63. The van der Waals surface area contributed by atoms with Crippen molar-refractivity contribution in [2.75, 3.05) is 18.0 Å². The first-order valence-corrected chi connectivity index (χ1v) is 8.38. The number of nitrogens with zero attached hydrogens (tertiary/aromatic N) is 1. The Hall–Kier alpha value is -0.000000000000000132. The quantitative estimate of drug-likeness (QED) is 0.777. The van der Waals surface area contributed by atoms with E-state index in [0.717, 1.165) is 24.0 Å². The van der Waals surface area contributed by atoms with E-state index in [4.69, 9.17) is 11.6 Å². The van der Waals surface area contributed by atoms with Gasteiger partial charge in [0.2, 0.25) is 0 Å². The molecule has 1 aliphatic heterocycles. The zero-order chi connectivity index (χ0) is 14.0. The van der Waals surface area contributed by atoms with Crippen LogP contribution in [0.25, 0.3) is 0 Å². The number of rotatable bonds is 3. The van der Waals surface area contributed by atoms with Gasteiger partial charge in [0, 0.05) is 28.7 Å². The molecule has 0 bridgehead atoms. The molecule has 0 amide bonds. The molecule has 1 saturated heterocycles. The van der Waals surface area contributed by atoms with Crippen LogP contribution in [0, 0.1) is 9.49 Å². The minimum Gasteiger partial charge on any atom is -0.365 e. The third kappa shape index (κ3) is 3.99. The highest BCUT2D eigenvalue weighted by molar-refractivity contribution is 14.1. The van der Waals surface area contributed by atoms with Gasteiger partial charge in [0.05, 0.1) is 10.7 Å².